The fourth-order valence-corrected chi connectivity index (χ4v) is 4.95. The minimum absolute atomic E-state index is 0.300. The average molecular weight is 544 g/mol. The van der Waals surface area contributed by atoms with Crippen LogP contribution in [0.2, 0.25) is 0 Å². The summed E-state index contributed by atoms with van der Waals surface area (Å²) in [6, 6.07) is 9.29. The van der Waals surface area contributed by atoms with E-state index in [9.17, 15) is 14.3 Å². The molecule has 0 aliphatic heterocycles. The molecule has 2 atom stereocenters. The van der Waals surface area contributed by atoms with Gasteiger partial charge in [0.25, 0.3) is 5.91 Å². The van der Waals surface area contributed by atoms with Crippen molar-refractivity contribution in [3.63, 3.8) is 0 Å². The van der Waals surface area contributed by atoms with Gasteiger partial charge in [0.05, 0.1) is 41.0 Å². The maximum Gasteiger partial charge on any atom is 0.259 e. The Morgan fingerprint density at radius 2 is 1.95 bits per heavy atom. The molecule has 206 valence electrons. The monoisotopic (exact) mass is 543 g/mol. The molecule has 5 aromatic rings. The Morgan fingerprint density at radius 1 is 1.20 bits per heavy atom. The van der Waals surface area contributed by atoms with Crippen molar-refractivity contribution in [3.8, 4) is 22.5 Å². The van der Waals surface area contributed by atoms with E-state index in [0.29, 0.717) is 47.0 Å². The first-order chi connectivity index (χ1) is 19.0. The summed E-state index contributed by atoms with van der Waals surface area (Å²) in [6.07, 6.45) is 2.90. The third-order valence-corrected chi connectivity index (χ3v) is 7.18. The molecule has 0 unspecified atom stereocenters. The van der Waals surface area contributed by atoms with Gasteiger partial charge in [-0.05, 0) is 58.7 Å². The minimum atomic E-state index is -0.924. The number of amides is 1. The summed E-state index contributed by atoms with van der Waals surface area (Å²) in [4.78, 5) is 17.7. The second-order valence-corrected chi connectivity index (χ2v) is 11.1. The maximum absolute atomic E-state index is 13.4. The Bertz CT molecular complexity index is 1760. The van der Waals surface area contributed by atoms with Gasteiger partial charge >= 0.3 is 0 Å². The van der Waals surface area contributed by atoms with Crippen LogP contribution < -0.4 is 5.32 Å². The lowest BCUT2D eigenvalue weighted by molar-refractivity contribution is 0.0570. The van der Waals surface area contributed by atoms with Gasteiger partial charge in [-0.1, -0.05) is 23.4 Å². The van der Waals surface area contributed by atoms with E-state index in [2.05, 4.69) is 25.7 Å². The predicted octanol–water partition coefficient (Wildman–Crippen LogP) is 5.02. The molecule has 0 saturated heterocycles. The van der Waals surface area contributed by atoms with Crippen LogP contribution in [0.1, 0.15) is 59.4 Å². The van der Waals surface area contributed by atoms with Gasteiger partial charge in [-0.2, -0.15) is 15.2 Å². The highest BCUT2D eigenvalue weighted by molar-refractivity contribution is 6.09. The normalized spacial score (nSPS) is 17.0. The van der Waals surface area contributed by atoms with E-state index in [1.54, 1.807) is 30.6 Å². The topological polar surface area (TPSA) is 123 Å². The number of hydrogen-bond acceptors (Lipinski definition) is 7. The molecule has 4 heterocycles. The number of nitrogens with one attached hydrogen (secondary N) is 1. The number of carbonyl (C=O) groups is 1. The van der Waals surface area contributed by atoms with E-state index < -0.39 is 11.8 Å². The molecule has 1 aliphatic carbocycles. The Kier molecular flexibility index (Phi) is 6.06. The molecule has 11 heteroatoms. The molecule has 0 spiro atoms. The first kappa shape index (κ1) is 25.9. The zero-order valence-corrected chi connectivity index (χ0v) is 22.9. The van der Waals surface area contributed by atoms with E-state index in [4.69, 9.17) is 4.52 Å². The van der Waals surface area contributed by atoms with E-state index in [0.717, 1.165) is 28.1 Å². The second kappa shape index (κ2) is 9.37. The Hall–Kier alpha value is -4.38. The van der Waals surface area contributed by atoms with Gasteiger partial charge in [0.15, 0.2) is 0 Å². The quantitative estimate of drug-likeness (QED) is 0.295. The molecule has 1 amide bonds. The number of aliphatic hydroxyl groups is 1. The van der Waals surface area contributed by atoms with Gasteiger partial charge in [-0.15, -0.1) is 0 Å². The number of pyridine rings is 1. The van der Waals surface area contributed by atoms with E-state index in [-0.39, 0.29) is 11.8 Å². The predicted molar refractivity (Wildman–Crippen MR) is 147 cm³/mol. The number of aromatic nitrogens is 6. The van der Waals surface area contributed by atoms with Crippen molar-refractivity contribution in [1.29, 1.82) is 0 Å². The summed E-state index contributed by atoms with van der Waals surface area (Å²) >= 11 is 0. The summed E-state index contributed by atoms with van der Waals surface area (Å²) in [5.74, 6) is 0.0260. The van der Waals surface area contributed by atoms with Crippen LogP contribution in [0.5, 0.6) is 0 Å². The smallest absolute Gasteiger partial charge is 0.259 e. The lowest BCUT2D eigenvalue weighted by atomic mass is 10.0. The van der Waals surface area contributed by atoms with Gasteiger partial charge in [0.2, 0.25) is 11.7 Å². The van der Waals surface area contributed by atoms with Crippen LogP contribution in [0.4, 0.5) is 10.1 Å². The molecule has 1 aliphatic rings. The SMILES string of the molecule is Cc1ccc(-c2noc([C@H]3C[C@@H]3F)n2)cc1NC(=O)c1cnn2cc(-c3c(C)nn(CC(C)(C)O)c3C)ccc12. The van der Waals surface area contributed by atoms with E-state index in [1.807, 2.05) is 55.9 Å². The van der Waals surface area contributed by atoms with Crippen molar-refractivity contribution >= 4 is 17.1 Å². The zero-order valence-electron chi connectivity index (χ0n) is 22.9. The highest BCUT2D eigenvalue weighted by Crippen LogP contribution is 2.43. The van der Waals surface area contributed by atoms with Crippen LogP contribution in [0.25, 0.3) is 28.0 Å². The summed E-state index contributed by atoms with van der Waals surface area (Å²) in [6.45, 7) is 9.68. The van der Waals surface area contributed by atoms with Crippen LogP contribution >= 0.6 is 0 Å². The van der Waals surface area contributed by atoms with E-state index in [1.165, 1.54) is 0 Å². The number of fused-ring (bicyclic) bond motifs is 1. The van der Waals surface area contributed by atoms with Gasteiger partial charge in [0.1, 0.15) is 6.17 Å². The van der Waals surface area contributed by atoms with Gasteiger partial charge in [0, 0.05) is 34.3 Å². The largest absolute Gasteiger partial charge is 0.389 e. The summed E-state index contributed by atoms with van der Waals surface area (Å²) < 4.78 is 22.1. The average Bonchev–Trinajstić information content (AvgIpc) is 3.23. The summed E-state index contributed by atoms with van der Waals surface area (Å²) in [7, 11) is 0. The van der Waals surface area contributed by atoms with Crippen molar-refractivity contribution < 1.29 is 18.8 Å². The highest BCUT2D eigenvalue weighted by atomic mass is 19.1. The van der Waals surface area contributed by atoms with Gasteiger partial charge in [-0.3, -0.25) is 9.48 Å². The fraction of sp³-hybridized carbons (Fsp3) is 0.345. The van der Waals surface area contributed by atoms with Crippen LogP contribution in [-0.4, -0.2) is 52.3 Å². The van der Waals surface area contributed by atoms with Crippen LogP contribution in [0.3, 0.4) is 0 Å². The summed E-state index contributed by atoms with van der Waals surface area (Å²) in [5.41, 5.74) is 5.97. The Morgan fingerprint density at radius 3 is 2.67 bits per heavy atom. The van der Waals surface area contributed by atoms with E-state index >= 15 is 0 Å². The number of alkyl halides is 1. The Labute approximate surface area is 229 Å². The number of aryl methyl sites for hydroxylation is 2. The molecule has 0 bridgehead atoms. The third kappa shape index (κ3) is 4.77. The molecule has 1 aromatic carbocycles. The number of anilines is 1. The lowest BCUT2D eigenvalue weighted by Crippen LogP contribution is -2.27. The molecule has 10 nitrogen and oxygen atoms in total. The number of benzene rings is 1. The number of halogens is 1. The fourth-order valence-electron chi connectivity index (χ4n) is 4.95. The van der Waals surface area contributed by atoms with Crippen molar-refractivity contribution in [3.05, 3.63) is 71.1 Å². The number of rotatable bonds is 7. The van der Waals surface area contributed by atoms with Crippen LogP contribution in [0.15, 0.2) is 47.2 Å². The summed E-state index contributed by atoms with van der Waals surface area (Å²) in [5, 5.41) is 26.3. The molecule has 0 radical (unpaired) electrons. The maximum atomic E-state index is 13.4. The molecule has 4 aromatic heterocycles. The standard InChI is InChI=1S/C29H30FN7O3/c1-15-6-7-18(26-33-28(40-35-26)20-11-22(20)30)10-23(15)32-27(38)21-12-31-36-13-19(8-9-24(21)36)25-16(2)34-37(17(25)3)14-29(4,5)39/h6-10,12-13,20,22,39H,11,14H2,1-5H3,(H,32,38)/t20-,22-/m0/s1. The first-order valence-electron chi connectivity index (χ1n) is 13.1. The molecular weight excluding hydrogens is 513 g/mol. The van der Waals surface area contributed by atoms with Crippen molar-refractivity contribution in [1.82, 2.24) is 29.5 Å². The minimum Gasteiger partial charge on any atom is -0.389 e. The molecule has 1 fully saturated rings. The van der Waals surface area contributed by atoms with Crippen molar-refractivity contribution in [2.45, 2.75) is 65.3 Å². The van der Waals surface area contributed by atoms with Gasteiger partial charge < -0.3 is 14.9 Å². The molecule has 2 N–H and O–H groups in total. The number of hydrogen-bond donors (Lipinski definition) is 2. The highest BCUT2D eigenvalue weighted by Gasteiger charge is 2.43. The van der Waals surface area contributed by atoms with Crippen LogP contribution in [0, 0.1) is 20.8 Å². The second-order valence-electron chi connectivity index (χ2n) is 11.1. The lowest BCUT2D eigenvalue weighted by Gasteiger charge is -2.18. The molecule has 40 heavy (non-hydrogen) atoms. The third-order valence-electron chi connectivity index (χ3n) is 7.18. The molecule has 6 rings (SSSR count). The Balaban J connectivity index is 1.25. The molecule has 1 saturated carbocycles. The van der Waals surface area contributed by atoms with Crippen molar-refractivity contribution in [2.75, 3.05) is 5.32 Å². The number of nitrogens with zero attached hydrogens (tertiary/aromatic N) is 6. The number of carbonyl (C=O) groups excluding carboxylic acids is 1. The molecular formula is C29H30FN7O3. The van der Waals surface area contributed by atoms with Crippen molar-refractivity contribution in [2.24, 2.45) is 0 Å². The van der Waals surface area contributed by atoms with Gasteiger partial charge in [-0.25, -0.2) is 8.91 Å². The van der Waals surface area contributed by atoms with Crippen LogP contribution in [-0.2, 0) is 6.54 Å². The first-order valence-corrected chi connectivity index (χ1v) is 13.1. The zero-order chi connectivity index (χ0) is 28.3.